The summed E-state index contributed by atoms with van der Waals surface area (Å²) in [6.07, 6.45) is 1.50. The number of halogens is 3. The Morgan fingerprint density at radius 3 is 2.39 bits per heavy atom. The van der Waals surface area contributed by atoms with Crippen molar-refractivity contribution in [1.29, 1.82) is 0 Å². The third-order valence-electron chi connectivity index (χ3n) is 5.23. The van der Waals surface area contributed by atoms with E-state index in [0.717, 1.165) is 44.1 Å². The summed E-state index contributed by atoms with van der Waals surface area (Å²) in [6, 6.07) is 13.1. The number of nitrogens with zero attached hydrogens (tertiary/aromatic N) is 3. The molecule has 1 aromatic heterocycles. The first kappa shape index (κ1) is 20.9. The van der Waals surface area contributed by atoms with Gasteiger partial charge in [-0.05, 0) is 30.3 Å². The number of benzene rings is 2. The van der Waals surface area contributed by atoms with Crippen molar-refractivity contribution in [3.63, 3.8) is 0 Å². The fourth-order valence-corrected chi connectivity index (χ4v) is 3.52. The molecule has 0 saturated carbocycles. The maximum absolute atomic E-state index is 13.8. The highest BCUT2D eigenvalue weighted by atomic mass is 19.1. The van der Waals surface area contributed by atoms with Gasteiger partial charge in [-0.2, -0.15) is 0 Å². The number of anilines is 2. The Balaban J connectivity index is 1.32. The molecule has 31 heavy (non-hydrogen) atoms. The molecule has 3 aromatic rings. The molecule has 0 unspecified atom stereocenters. The Morgan fingerprint density at radius 2 is 1.71 bits per heavy atom. The van der Waals surface area contributed by atoms with E-state index in [-0.39, 0.29) is 11.4 Å². The van der Waals surface area contributed by atoms with Gasteiger partial charge in [-0.15, -0.1) is 0 Å². The van der Waals surface area contributed by atoms with Crippen LogP contribution in [0.5, 0.6) is 0 Å². The van der Waals surface area contributed by atoms with Crippen molar-refractivity contribution >= 4 is 17.4 Å². The predicted molar refractivity (Wildman–Crippen MR) is 112 cm³/mol. The van der Waals surface area contributed by atoms with Crippen LogP contribution in [-0.4, -0.2) is 42.0 Å². The van der Waals surface area contributed by atoms with Crippen LogP contribution in [0.3, 0.4) is 0 Å². The van der Waals surface area contributed by atoms with E-state index in [1.807, 2.05) is 6.07 Å². The van der Waals surface area contributed by atoms with Gasteiger partial charge in [0.1, 0.15) is 23.3 Å². The number of hydrogen-bond donors (Lipinski definition) is 1. The van der Waals surface area contributed by atoms with Gasteiger partial charge in [-0.3, -0.25) is 9.69 Å². The van der Waals surface area contributed by atoms with Gasteiger partial charge in [0, 0.05) is 44.4 Å². The van der Waals surface area contributed by atoms with Crippen LogP contribution in [0, 0.1) is 17.5 Å². The van der Waals surface area contributed by atoms with Gasteiger partial charge in [0.15, 0.2) is 0 Å². The molecule has 0 spiro atoms. The molecule has 1 fully saturated rings. The topological polar surface area (TPSA) is 48.5 Å². The van der Waals surface area contributed by atoms with E-state index in [2.05, 4.69) is 20.1 Å². The van der Waals surface area contributed by atoms with Crippen LogP contribution in [0.1, 0.15) is 15.9 Å². The quantitative estimate of drug-likeness (QED) is 0.668. The molecule has 0 bridgehead atoms. The number of aromatic nitrogens is 1. The molecule has 160 valence electrons. The fraction of sp³-hybridized carbons (Fsp3) is 0.217. The summed E-state index contributed by atoms with van der Waals surface area (Å²) < 4.78 is 40.6. The molecule has 1 aliphatic rings. The zero-order valence-electron chi connectivity index (χ0n) is 16.7. The summed E-state index contributed by atoms with van der Waals surface area (Å²) in [5.74, 6) is -1.76. The molecule has 2 heterocycles. The second-order valence-corrected chi connectivity index (χ2v) is 7.34. The van der Waals surface area contributed by atoms with Crippen molar-refractivity contribution in [2.24, 2.45) is 0 Å². The van der Waals surface area contributed by atoms with Crippen molar-refractivity contribution in [2.75, 3.05) is 36.4 Å². The van der Waals surface area contributed by atoms with Gasteiger partial charge in [-0.25, -0.2) is 18.2 Å². The number of nitrogens with one attached hydrogen (secondary N) is 1. The number of pyridine rings is 1. The highest BCUT2D eigenvalue weighted by molar-refractivity contribution is 6.04. The average molecular weight is 426 g/mol. The lowest BCUT2D eigenvalue weighted by molar-refractivity contribution is 0.102. The van der Waals surface area contributed by atoms with Crippen LogP contribution in [0.2, 0.25) is 0 Å². The summed E-state index contributed by atoms with van der Waals surface area (Å²) in [5.41, 5.74) is 0.860. The number of hydrogen-bond acceptors (Lipinski definition) is 4. The molecular weight excluding hydrogens is 405 g/mol. The van der Waals surface area contributed by atoms with Crippen LogP contribution in [0.15, 0.2) is 60.8 Å². The molecule has 1 saturated heterocycles. The summed E-state index contributed by atoms with van der Waals surface area (Å²) in [7, 11) is 0. The molecule has 0 aliphatic carbocycles. The Kier molecular flexibility index (Phi) is 6.18. The minimum atomic E-state index is -0.921. The largest absolute Gasteiger partial charge is 0.354 e. The Hall–Kier alpha value is -3.39. The third-order valence-corrected chi connectivity index (χ3v) is 5.23. The van der Waals surface area contributed by atoms with Crippen LogP contribution < -0.4 is 10.2 Å². The normalized spacial score (nSPS) is 14.5. The highest BCUT2D eigenvalue weighted by Gasteiger charge is 2.19. The van der Waals surface area contributed by atoms with E-state index >= 15 is 0 Å². The van der Waals surface area contributed by atoms with Gasteiger partial charge < -0.3 is 10.2 Å². The number of carbonyl (C=O) groups is 1. The van der Waals surface area contributed by atoms with Crippen molar-refractivity contribution in [2.45, 2.75) is 6.54 Å². The molecule has 1 amide bonds. The molecular formula is C23H21F3N4O. The standard InChI is InChI=1S/C23H21F3N4O/c24-17-5-7-19(21(26)13-17)23(31)28-18-6-8-22(27-14-18)30-11-9-29(10-12-30)15-16-3-1-2-4-20(16)25/h1-8,13-14H,9-12,15H2,(H,28,31). The van der Waals surface area contributed by atoms with Gasteiger partial charge in [-0.1, -0.05) is 18.2 Å². The second kappa shape index (κ2) is 9.18. The van der Waals surface area contributed by atoms with E-state index in [4.69, 9.17) is 0 Å². The zero-order valence-corrected chi connectivity index (χ0v) is 16.7. The summed E-state index contributed by atoms with van der Waals surface area (Å²) in [6.45, 7) is 3.61. The number of rotatable bonds is 5. The third kappa shape index (κ3) is 5.03. The van der Waals surface area contributed by atoms with E-state index in [1.165, 1.54) is 12.3 Å². The molecule has 0 atom stereocenters. The molecule has 1 N–H and O–H groups in total. The lowest BCUT2D eigenvalue weighted by atomic mass is 10.2. The van der Waals surface area contributed by atoms with E-state index in [0.29, 0.717) is 23.9 Å². The molecule has 0 radical (unpaired) electrons. The number of piperazine rings is 1. The van der Waals surface area contributed by atoms with Gasteiger partial charge in [0.05, 0.1) is 17.4 Å². The maximum atomic E-state index is 13.8. The van der Waals surface area contributed by atoms with Crippen LogP contribution >= 0.6 is 0 Å². The van der Waals surface area contributed by atoms with Crippen LogP contribution in [0.4, 0.5) is 24.7 Å². The smallest absolute Gasteiger partial charge is 0.258 e. The SMILES string of the molecule is O=C(Nc1ccc(N2CCN(Cc3ccccc3F)CC2)nc1)c1ccc(F)cc1F. The summed E-state index contributed by atoms with van der Waals surface area (Å²) in [5, 5.41) is 2.56. The van der Waals surface area contributed by atoms with Crippen molar-refractivity contribution < 1.29 is 18.0 Å². The number of carbonyl (C=O) groups excluding carboxylic acids is 1. The van der Waals surface area contributed by atoms with E-state index in [1.54, 1.807) is 24.3 Å². The van der Waals surface area contributed by atoms with Gasteiger partial charge >= 0.3 is 0 Å². The highest BCUT2D eigenvalue weighted by Crippen LogP contribution is 2.19. The Bertz CT molecular complexity index is 1070. The van der Waals surface area contributed by atoms with E-state index in [9.17, 15) is 18.0 Å². The average Bonchev–Trinajstić information content (AvgIpc) is 2.76. The van der Waals surface area contributed by atoms with E-state index < -0.39 is 17.5 Å². The van der Waals surface area contributed by atoms with Crippen molar-refractivity contribution in [1.82, 2.24) is 9.88 Å². The molecule has 2 aromatic carbocycles. The fourth-order valence-electron chi connectivity index (χ4n) is 3.52. The first-order valence-corrected chi connectivity index (χ1v) is 9.93. The summed E-state index contributed by atoms with van der Waals surface area (Å²) >= 11 is 0. The Labute approximate surface area is 178 Å². The van der Waals surface area contributed by atoms with Gasteiger partial charge in [0.2, 0.25) is 0 Å². The van der Waals surface area contributed by atoms with Crippen LogP contribution in [0.25, 0.3) is 0 Å². The van der Waals surface area contributed by atoms with Crippen LogP contribution in [-0.2, 0) is 6.54 Å². The lowest BCUT2D eigenvalue weighted by Crippen LogP contribution is -2.46. The lowest BCUT2D eigenvalue weighted by Gasteiger charge is -2.35. The van der Waals surface area contributed by atoms with Gasteiger partial charge in [0.25, 0.3) is 5.91 Å². The summed E-state index contributed by atoms with van der Waals surface area (Å²) in [4.78, 5) is 20.9. The molecule has 8 heteroatoms. The first-order chi connectivity index (χ1) is 15.0. The zero-order chi connectivity index (χ0) is 21.8. The first-order valence-electron chi connectivity index (χ1n) is 9.93. The molecule has 5 nitrogen and oxygen atoms in total. The minimum Gasteiger partial charge on any atom is -0.354 e. The Morgan fingerprint density at radius 1 is 0.935 bits per heavy atom. The monoisotopic (exact) mass is 426 g/mol. The molecule has 4 rings (SSSR count). The minimum absolute atomic E-state index is 0.190. The van der Waals surface area contributed by atoms with Crippen molar-refractivity contribution in [3.8, 4) is 0 Å². The molecule has 1 aliphatic heterocycles. The number of amides is 1. The van der Waals surface area contributed by atoms with Crippen molar-refractivity contribution in [3.05, 3.63) is 89.4 Å². The second-order valence-electron chi connectivity index (χ2n) is 7.34. The predicted octanol–water partition coefficient (Wildman–Crippen LogP) is 4.07. The maximum Gasteiger partial charge on any atom is 0.258 e.